The van der Waals surface area contributed by atoms with Crippen molar-refractivity contribution >= 4 is 43.9 Å². The lowest BCUT2D eigenvalue weighted by Crippen LogP contribution is -2.16. The maximum absolute atomic E-state index is 13.2. The van der Waals surface area contributed by atoms with Gasteiger partial charge in [-0.25, -0.2) is 13.2 Å². The summed E-state index contributed by atoms with van der Waals surface area (Å²) in [6, 6.07) is 18.9. The summed E-state index contributed by atoms with van der Waals surface area (Å²) in [4.78, 5) is 42.9. The van der Waals surface area contributed by atoms with Gasteiger partial charge in [-0.1, -0.05) is 29.4 Å². The van der Waals surface area contributed by atoms with Gasteiger partial charge in [0.05, 0.1) is 39.0 Å². The monoisotopic (exact) mass is 542 g/mol. The van der Waals surface area contributed by atoms with Gasteiger partial charge in [-0.2, -0.15) is 5.26 Å². The Kier molecular flexibility index (Phi) is 6.31. The maximum atomic E-state index is 13.2. The topological polar surface area (TPSA) is 191 Å². The van der Waals surface area contributed by atoms with Crippen LogP contribution in [0.4, 0.5) is 11.4 Å². The van der Waals surface area contributed by atoms with Gasteiger partial charge in [-0.15, -0.1) is 0 Å². The van der Waals surface area contributed by atoms with Crippen molar-refractivity contribution in [1.82, 2.24) is 15.1 Å². The quantitative estimate of drug-likeness (QED) is 0.251. The molecule has 12 nitrogen and oxygen atoms in total. The largest absolute Gasteiger partial charge is 0.439 e. The lowest BCUT2D eigenvalue weighted by molar-refractivity contribution is 0.101. The highest BCUT2D eigenvalue weighted by Crippen LogP contribution is 2.29. The van der Waals surface area contributed by atoms with Crippen LogP contribution < -0.4 is 16.4 Å². The van der Waals surface area contributed by atoms with Gasteiger partial charge in [0.1, 0.15) is 5.69 Å². The van der Waals surface area contributed by atoms with Crippen molar-refractivity contribution < 1.29 is 22.5 Å². The summed E-state index contributed by atoms with van der Waals surface area (Å²) in [6.45, 7) is 0. The highest BCUT2D eigenvalue weighted by Gasteiger charge is 2.20. The van der Waals surface area contributed by atoms with E-state index in [1.165, 1.54) is 36.4 Å². The summed E-state index contributed by atoms with van der Waals surface area (Å²) >= 11 is 0. The van der Waals surface area contributed by atoms with Crippen LogP contribution >= 0.6 is 0 Å². The molecular formula is C26H18N6O6S. The first kappa shape index (κ1) is 25.2. The SMILES string of the molecule is CS(=O)(=O)c1ccccc1C(=O)Nc1cccc2cc(C(=O)Nc3ccc(C#N)cc3-c3noc(=O)[nH]3)[nH]c12. The molecule has 0 bridgehead atoms. The van der Waals surface area contributed by atoms with Gasteiger partial charge in [0, 0.05) is 17.2 Å². The van der Waals surface area contributed by atoms with Crippen molar-refractivity contribution in [1.29, 1.82) is 5.26 Å². The fraction of sp³-hybridized carbons (Fsp3) is 0.0385. The van der Waals surface area contributed by atoms with Gasteiger partial charge >= 0.3 is 5.76 Å². The maximum Gasteiger partial charge on any atom is 0.439 e. The van der Waals surface area contributed by atoms with Gasteiger partial charge in [-0.3, -0.25) is 19.1 Å². The molecule has 5 aromatic rings. The van der Waals surface area contributed by atoms with Crippen LogP contribution in [0.5, 0.6) is 0 Å². The Bertz CT molecular complexity index is 1980. The Morgan fingerprint density at radius 3 is 2.44 bits per heavy atom. The molecule has 0 aliphatic rings. The second-order valence-electron chi connectivity index (χ2n) is 8.45. The van der Waals surface area contributed by atoms with Crippen LogP contribution in [0.25, 0.3) is 22.3 Å². The fourth-order valence-electron chi connectivity index (χ4n) is 4.00. The normalized spacial score (nSPS) is 11.2. The number of aromatic nitrogens is 3. The predicted molar refractivity (Wildman–Crippen MR) is 141 cm³/mol. The summed E-state index contributed by atoms with van der Waals surface area (Å²) in [5.41, 5.74) is 1.70. The van der Waals surface area contributed by atoms with Crippen molar-refractivity contribution in [2.45, 2.75) is 4.90 Å². The molecule has 0 unspecified atom stereocenters. The van der Waals surface area contributed by atoms with E-state index in [1.54, 1.807) is 30.3 Å². The van der Waals surface area contributed by atoms with E-state index >= 15 is 0 Å². The molecule has 0 fully saturated rings. The molecule has 0 saturated heterocycles. The number of amides is 2. The fourth-order valence-corrected chi connectivity index (χ4v) is 4.89. The van der Waals surface area contributed by atoms with Crippen LogP contribution in [0.1, 0.15) is 26.4 Å². The Morgan fingerprint density at radius 1 is 0.949 bits per heavy atom. The number of carbonyl (C=O) groups excluding carboxylic acids is 2. The number of benzene rings is 3. The summed E-state index contributed by atoms with van der Waals surface area (Å²) < 4.78 is 28.8. The van der Waals surface area contributed by atoms with Crippen molar-refractivity contribution in [2.75, 3.05) is 16.9 Å². The summed E-state index contributed by atoms with van der Waals surface area (Å²) in [5.74, 6) is -1.95. The minimum absolute atomic E-state index is 0.0132. The molecule has 2 amide bonds. The third-order valence-corrected chi connectivity index (χ3v) is 6.93. The molecule has 13 heteroatoms. The summed E-state index contributed by atoms with van der Waals surface area (Å²) in [7, 11) is -3.65. The number of nitrogens with zero attached hydrogens (tertiary/aromatic N) is 2. The number of hydrogen-bond donors (Lipinski definition) is 4. The number of fused-ring (bicyclic) bond motifs is 1. The van der Waals surface area contributed by atoms with E-state index in [-0.39, 0.29) is 38.8 Å². The van der Waals surface area contributed by atoms with Gasteiger partial charge in [0.15, 0.2) is 15.7 Å². The molecule has 0 atom stereocenters. The highest BCUT2D eigenvalue weighted by atomic mass is 32.2. The van der Waals surface area contributed by atoms with E-state index < -0.39 is 27.4 Å². The lowest BCUT2D eigenvalue weighted by atomic mass is 10.1. The van der Waals surface area contributed by atoms with Gasteiger partial charge in [0.2, 0.25) is 0 Å². The average Bonchev–Trinajstić information content (AvgIpc) is 3.55. The Hall–Kier alpha value is -5.48. The van der Waals surface area contributed by atoms with Gasteiger partial charge < -0.3 is 15.6 Å². The van der Waals surface area contributed by atoms with Crippen LogP contribution in [0.2, 0.25) is 0 Å². The molecular weight excluding hydrogens is 524 g/mol. The smallest absolute Gasteiger partial charge is 0.349 e. The zero-order valence-corrected chi connectivity index (χ0v) is 20.9. The molecule has 0 aliphatic carbocycles. The molecule has 0 spiro atoms. The molecule has 0 saturated carbocycles. The minimum atomic E-state index is -3.65. The van der Waals surface area contributed by atoms with E-state index in [1.807, 2.05) is 6.07 Å². The zero-order valence-electron chi connectivity index (χ0n) is 20.1. The predicted octanol–water partition coefficient (Wildman–Crippen LogP) is 3.29. The summed E-state index contributed by atoms with van der Waals surface area (Å²) in [6.07, 6.45) is 1.02. The number of hydrogen-bond acceptors (Lipinski definition) is 8. The van der Waals surface area contributed by atoms with Crippen LogP contribution in [0, 0.1) is 11.3 Å². The first-order valence-electron chi connectivity index (χ1n) is 11.3. The number of nitrogens with one attached hydrogen (secondary N) is 4. The van der Waals surface area contributed by atoms with Crippen LogP contribution in [0.15, 0.2) is 80.9 Å². The Balaban J connectivity index is 1.45. The number of anilines is 2. The van der Waals surface area contributed by atoms with Crippen molar-refractivity contribution in [2.24, 2.45) is 0 Å². The average molecular weight is 543 g/mol. The number of nitriles is 1. The standard InChI is InChI=1S/C26H18N6O6S/c1-39(36,37)21-8-3-2-6-16(21)24(33)30-19-7-4-5-15-12-20(28-22(15)19)25(34)29-18-10-9-14(13-27)11-17(18)23-31-26(35)38-32-23/h2-12,28H,1H3,(H,29,34)(H,30,33)(H,31,32,35). The number of sulfone groups is 1. The highest BCUT2D eigenvalue weighted by molar-refractivity contribution is 7.90. The molecule has 0 radical (unpaired) electrons. The van der Waals surface area contributed by atoms with E-state index in [9.17, 15) is 28.1 Å². The van der Waals surface area contributed by atoms with Crippen molar-refractivity contribution in [3.8, 4) is 17.5 Å². The first-order valence-corrected chi connectivity index (χ1v) is 13.2. The van der Waals surface area contributed by atoms with Crippen molar-refractivity contribution in [3.05, 3.63) is 94.1 Å². The van der Waals surface area contributed by atoms with E-state index in [2.05, 4.69) is 30.3 Å². The molecule has 5 rings (SSSR count). The lowest BCUT2D eigenvalue weighted by Gasteiger charge is -2.10. The van der Waals surface area contributed by atoms with Crippen LogP contribution in [0.3, 0.4) is 0 Å². The third-order valence-electron chi connectivity index (χ3n) is 5.77. The van der Waals surface area contributed by atoms with Gasteiger partial charge in [-0.05, 0) is 42.5 Å². The second-order valence-corrected chi connectivity index (χ2v) is 10.4. The zero-order chi connectivity index (χ0) is 27.7. The number of carbonyl (C=O) groups is 2. The second kappa shape index (κ2) is 9.77. The number of rotatable bonds is 6. The van der Waals surface area contributed by atoms with E-state index in [0.29, 0.717) is 16.6 Å². The Labute approximate surface area is 220 Å². The number of H-pyrrole nitrogens is 2. The molecule has 2 heterocycles. The molecule has 4 N–H and O–H groups in total. The number of para-hydroxylation sites is 1. The van der Waals surface area contributed by atoms with Gasteiger partial charge in [0.25, 0.3) is 11.8 Å². The molecule has 194 valence electrons. The molecule has 2 aromatic heterocycles. The minimum Gasteiger partial charge on any atom is -0.349 e. The molecule has 0 aliphatic heterocycles. The summed E-state index contributed by atoms with van der Waals surface area (Å²) in [5, 5.41) is 18.9. The van der Waals surface area contributed by atoms with Crippen LogP contribution in [-0.4, -0.2) is 41.6 Å². The van der Waals surface area contributed by atoms with Crippen molar-refractivity contribution in [3.63, 3.8) is 0 Å². The van der Waals surface area contributed by atoms with Crippen LogP contribution in [-0.2, 0) is 9.84 Å². The van der Waals surface area contributed by atoms with E-state index in [4.69, 9.17) is 0 Å². The van der Waals surface area contributed by atoms with E-state index in [0.717, 1.165) is 6.26 Å². The molecule has 39 heavy (non-hydrogen) atoms. The third kappa shape index (κ3) is 5.04. The Morgan fingerprint density at radius 2 is 1.72 bits per heavy atom. The number of aromatic amines is 2. The first-order chi connectivity index (χ1) is 18.6. The molecule has 3 aromatic carbocycles.